The Labute approximate surface area is 127 Å². The van der Waals surface area contributed by atoms with Crippen molar-refractivity contribution in [2.45, 2.75) is 0 Å². The lowest BCUT2D eigenvalue weighted by molar-refractivity contribution is 0.584. The third-order valence-corrected chi connectivity index (χ3v) is 4.99. The molecule has 0 amide bonds. The first-order valence-corrected chi connectivity index (χ1v) is 7.62. The third-order valence-electron chi connectivity index (χ3n) is 2.94. The standard InChI is InChI=1S/C15H8F2N2S2/c16-9-4-8(5-10(17)6-9)15-13(11-2-1-3-20-11)14(19)12(7-18)21-15/h1-6H,19H2. The van der Waals surface area contributed by atoms with Crippen LogP contribution in [-0.2, 0) is 0 Å². The maximum absolute atomic E-state index is 13.4. The van der Waals surface area contributed by atoms with Crippen molar-refractivity contribution in [3.05, 3.63) is 52.2 Å². The molecule has 0 atom stereocenters. The topological polar surface area (TPSA) is 49.8 Å². The Bertz CT molecular complexity index is 825. The summed E-state index contributed by atoms with van der Waals surface area (Å²) < 4.78 is 26.9. The Balaban J connectivity index is 2.30. The van der Waals surface area contributed by atoms with Crippen LogP contribution in [0.25, 0.3) is 20.9 Å². The second kappa shape index (κ2) is 5.28. The van der Waals surface area contributed by atoms with Crippen LogP contribution in [0.4, 0.5) is 14.5 Å². The summed E-state index contributed by atoms with van der Waals surface area (Å²) in [5.41, 5.74) is 7.42. The summed E-state index contributed by atoms with van der Waals surface area (Å²) in [6.45, 7) is 0. The van der Waals surface area contributed by atoms with Gasteiger partial charge in [0.1, 0.15) is 22.6 Å². The minimum atomic E-state index is -0.660. The number of hydrogen-bond acceptors (Lipinski definition) is 4. The normalized spacial score (nSPS) is 10.5. The summed E-state index contributed by atoms with van der Waals surface area (Å²) >= 11 is 2.60. The fourth-order valence-electron chi connectivity index (χ4n) is 2.08. The highest BCUT2D eigenvalue weighted by atomic mass is 32.1. The molecule has 2 aromatic heterocycles. The Morgan fingerprint density at radius 3 is 2.43 bits per heavy atom. The molecule has 104 valence electrons. The van der Waals surface area contributed by atoms with Crippen molar-refractivity contribution >= 4 is 28.4 Å². The fourth-order valence-corrected chi connectivity index (χ4v) is 3.96. The number of thiophene rings is 2. The van der Waals surface area contributed by atoms with Gasteiger partial charge in [-0.2, -0.15) is 5.26 Å². The van der Waals surface area contributed by atoms with E-state index in [4.69, 9.17) is 11.0 Å². The van der Waals surface area contributed by atoms with Crippen molar-refractivity contribution < 1.29 is 8.78 Å². The molecular formula is C15H8F2N2S2. The number of nitrogens with zero attached hydrogens (tertiary/aromatic N) is 1. The third kappa shape index (κ3) is 2.42. The number of hydrogen-bond donors (Lipinski definition) is 1. The zero-order chi connectivity index (χ0) is 15.0. The van der Waals surface area contributed by atoms with Crippen molar-refractivity contribution in [2.24, 2.45) is 0 Å². The van der Waals surface area contributed by atoms with Gasteiger partial charge in [0.05, 0.1) is 5.69 Å². The molecule has 1 aromatic carbocycles. The van der Waals surface area contributed by atoms with Crippen LogP contribution < -0.4 is 5.73 Å². The number of nitrogens with two attached hydrogens (primary N) is 1. The van der Waals surface area contributed by atoms with Crippen molar-refractivity contribution in [2.75, 3.05) is 5.73 Å². The monoisotopic (exact) mass is 318 g/mol. The van der Waals surface area contributed by atoms with Crippen molar-refractivity contribution in [1.29, 1.82) is 5.26 Å². The van der Waals surface area contributed by atoms with Crippen LogP contribution in [-0.4, -0.2) is 0 Å². The van der Waals surface area contributed by atoms with E-state index in [1.54, 1.807) is 0 Å². The van der Waals surface area contributed by atoms with E-state index in [0.29, 0.717) is 26.6 Å². The summed E-state index contributed by atoms with van der Waals surface area (Å²) in [7, 11) is 0. The summed E-state index contributed by atoms with van der Waals surface area (Å²) in [4.78, 5) is 1.81. The smallest absolute Gasteiger partial charge is 0.129 e. The average Bonchev–Trinajstić information content (AvgIpc) is 3.04. The molecule has 3 aromatic rings. The zero-order valence-electron chi connectivity index (χ0n) is 10.6. The molecule has 2 heterocycles. The molecule has 0 aliphatic carbocycles. The SMILES string of the molecule is N#Cc1sc(-c2cc(F)cc(F)c2)c(-c2cccs2)c1N. The number of anilines is 1. The summed E-state index contributed by atoms with van der Waals surface area (Å²) in [6, 6.07) is 9.05. The maximum atomic E-state index is 13.4. The van der Waals surface area contributed by atoms with Gasteiger partial charge in [0.15, 0.2) is 0 Å². The van der Waals surface area contributed by atoms with Gasteiger partial charge in [-0.1, -0.05) is 6.07 Å². The highest BCUT2D eigenvalue weighted by Gasteiger charge is 2.20. The molecule has 3 rings (SSSR count). The minimum Gasteiger partial charge on any atom is -0.396 e. The number of halogens is 2. The molecule has 6 heteroatoms. The van der Waals surface area contributed by atoms with Crippen molar-refractivity contribution in [3.8, 4) is 27.0 Å². The van der Waals surface area contributed by atoms with E-state index in [2.05, 4.69) is 0 Å². The van der Waals surface area contributed by atoms with Crippen LogP contribution in [0, 0.1) is 23.0 Å². The minimum absolute atomic E-state index is 0.345. The fraction of sp³-hybridized carbons (Fsp3) is 0. The van der Waals surface area contributed by atoms with E-state index in [1.165, 1.54) is 23.5 Å². The molecule has 0 spiro atoms. The van der Waals surface area contributed by atoms with Gasteiger partial charge in [-0.05, 0) is 29.1 Å². The van der Waals surface area contributed by atoms with E-state index >= 15 is 0 Å². The van der Waals surface area contributed by atoms with Crippen LogP contribution in [0.3, 0.4) is 0 Å². The van der Waals surface area contributed by atoms with E-state index in [0.717, 1.165) is 22.3 Å². The molecule has 2 nitrogen and oxygen atoms in total. The molecule has 0 saturated carbocycles. The van der Waals surface area contributed by atoms with Gasteiger partial charge in [0.2, 0.25) is 0 Å². The highest BCUT2D eigenvalue weighted by molar-refractivity contribution is 7.18. The quantitative estimate of drug-likeness (QED) is 0.732. The molecular weight excluding hydrogens is 310 g/mol. The van der Waals surface area contributed by atoms with Gasteiger partial charge < -0.3 is 5.73 Å². The van der Waals surface area contributed by atoms with Crippen LogP contribution in [0.2, 0.25) is 0 Å². The molecule has 0 aliphatic heterocycles. The first-order valence-electron chi connectivity index (χ1n) is 5.93. The summed E-state index contributed by atoms with van der Waals surface area (Å²) in [6.07, 6.45) is 0. The molecule has 0 aliphatic rings. The lowest BCUT2D eigenvalue weighted by atomic mass is 10.1. The Hall–Kier alpha value is -2.23. The molecule has 0 saturated heterocycles. The van der Waals surface area contributed by atoms with E-state index < -0.39 is 11.6 Å². The Morgan fingerprint density at radius 1 is 1.14 bits per heavy atom. The van der Waals surface area contributed by atoms with Crippen LogP contribution in [0.1, 0.15) is 4.88 Å². The predicted octanol–water partition coefficient (Wildman–Crippen LogP) is 4.88. The first kappa shape index (κ1) is 13.7. The van der Waals surface area contributed by atoms with Crippen LogP contribution in [0.15, 0.2) is 35.7 Å². The number of benzene rings is 1. The lowest BCUT2D eigenvalue weighted by Gasteiger charge is -2.04. The van der Waals surface area contributed by atoms with Gasteiger partial charge in [-0.3, -0.25) is 0 Å². The van der Waals surface area contributed by atoms with Crippen molar-refractivity contribution in [1.82, 2.24) is 0 Å². The van der Waals surface area contributed by atoms with Crippen LogP contribution >= 0.6 is 22.7 Å². The number of nitrogen functional groups attached to an aromatic ring is 1. The van der Waals surface area contributed by atoms with Gasteiger partial charge in [0.25, 0.3) is 0 Å². The van der Waals surface area contributed by atoms with Gasteiger partial charge in [-0.15, -0.1) is 22.7 Å². The second-order valence-corrected chi connectivity index (χ2v) is 6.26. The van der Waals surface area contributed by atoms with E-state index in [1.807, 2.05) is 23.6 Å². The first-order chi connectivity index (χ1) is 10.1. The molecule has 21 heavy (non-hydrogen) atoms. The van der Waals surface area contributed by atoms with E-state index in [9.17, 15) is 8.78 Å². The average molecular weight is 318 g/mol. The van der Waals surface area contributed by atoms with Crippen molar-refractivity contribution in [3.63, 3.8) is 0 Å². The maximum Gasteiger partial charge on any atom is 0.129 e. The Morgan fingerprint density at radius 2 is 1.86 bits per heavy atom. The second-order valence-electron chi connectivity index (χ2n) is 4.30. The highest BCUT2D eigenvalue weighted by Crippen LogP contribution is 2.46. The lowest BCUT2D eigenvalue weighted by Crippen LogP contribution is -1.88. The molecule has 0 radical (unpaired) electrons. The Kier molecular flexibility index (Phi) is 3.45. The van der Waals surface area contributed by atoms with E-state index in [-0.39, 0.29) is 0 Å². The van der Waals surface area contributed by atoms with Gasteiger partial charge in [0, 0.05) is 21.4 Å². The molecule has 0 bridgehead atoms. The number of rotatable bonds is 2. The van der Waals surface area contributed by atoms with Crippen LogP contribution in [0.5, 0.6) is 0 Å². The predicted molar refractivity (Wildman–Crippen MR) is 82.1 cm³/mol. The molecule has 2 N–H and O–H groups in total. The van der Waals surface area contributed by atoms with Gasteiger partial charge in [-0.25, -0.2) is 8.78 Å². The summed E-state index contributed by atoms with van der Waals surface area (Å²) in [5, 5.41) is 11.0. The largest absolute Gasteiger partial charge is 0.396 e. The zero-order valence-corrected chi connectivity index (χ0v) is 12.2. The summed E-state index contributed by atoms with van der Waals surface area (Å²) in [5.74, 6) is -1.32. The molecule has 0 unspecified atom stereocenters. The number of nitriles is 1. The van der Waals surface area contributed by atoms with Gasteiger partial charge >= 0.3 is 0 Å². The molecule has 0 fully saturated rings.